The molecule has 1 aromatic carbocycles. The number of rotatable bonds is 6. The number of hydrogen-bond donors (Lipinski definition) is 1. The van der Waals surface area contributed by atoms with E-state index in [1.54, 1.807) is 0 Å². The van der Waals surface area contributed by atoms with Crippen LogP contribution in [0, 0.1) is 5.41 Å². The lowest BCUT2D eigenvalue weighted by molar-refractivity contribution is -0.125. The second kappa shape index (κ2) is 8.73. The van der Waals surface area contributed by atoms with Gasteiger partial charge in [0.15, 0.2) is 0 Å². The Morgan fingerprint density at radius 1 is 1.27 bits per heavy atom. The van der Waals surface area contributed by atoms with Gasteiger partial charge in [0.2, 0.25) is 5.91 Å². The third-order valence-electron chi connectivity index (χ3n) is 6.09. The largest absolute Gasteiger partial charge is 0.354 e. The molecule has 0 saturated carbocycles. The van der Waals surface area contributed by atoms with Crippen molar-refractivity contribution in [2.75, 3.05) is 39.8 Å². The Bertz CT molecular complexity index is 596. The molecule has 1 spiro atoms. The van der Waals surface area contributed by atoms with Gasteiger partial charge in [-0.1, -0.05) is 30.7 Å². The molecule has 0 aromatic heterocycles. The predicted octanol–water partition coefficient (Wildman–Crippen LogP) is 3.20. The van der Waals surface area contributed by atoms with Crippen molar-refractivity contribution in [3.05, 3.63) is 34.9 Å². The fourth-order valence-corrected chi connectivity index (χ4v) is 4.61. The van der Waals surface area contributed by atoms with E-state index in [-0.39, 0.29) is 11.9 Å². The number of benzene rings is 1. The third-order valence-corrected chi connectivity index (χ3v) is 6.34. The maximum Gasteiger partial charge on any atom is 0.237 e. The monoisotopic (exact) mass is 377 g/mol. The van der Waals surface area contributed by atoms with Crippen LogP contribution in [0.4, 0.5) is 0 Å². The van der Waals surface area contributed by atoms with Crippen molar-refractivity contribution >= 4 is 17.5 Å². The van der Waals surface area contributed by atoms with Crippen LogP contribution in [0.25, 0.3) is 0 Å². The van der Waals surface area contributed by atoms with E-state index < -0.39 is 0 Å². The number of piperidine rings is 1. The zero-order valence-corrected chi connectivity index (χ0v) is 16.9. The molecular weight excluding hydrogens is 346 g/mol. The number of hydrogen-bond acceptors (Lipinski definition) is 3. The van der Waals surface area contributed by atoms with Crippen LogP contribution in [0.5, 0.6) is 0 Å². The molecular formula is C21H32ClN3O. The number of carbonyl (C=O) groups excluding carboxylic acids is 1. The molecule has 2 aliphatic rings. The van der Waals surface area contributed by atoms with Gasteiger partial charge in [0.25, 0.3) is 0 Å². The summed E-state index contributed by atoms with van der Waals surface area (Å²) in [6.07, 6.45) is 5.41. The van der Waals surface area contributed by atoms with Crippen molar-refractivity contribution in [2.24, 2.45) is 5.41 Å². The molecule has 1 unspecified atom stereocenters. The first-order chi connectivity index (χ1) is 12.5. The van der Waals surface area contributed by atoms with Crippen LogP contribution >= 0.6 is 11.6 Å². The third kappa shape index (κ3) is 4.79. The van der Waals surface area contributed by atoms with Crippen LogP contribution < -0.4 is 5.32 Å². The van der Waals surface area contributed by atoms with E-state index in [4.69, 9.17) is 11.6 Å². The molecule has 1 amide bonds. The quantitative estimate of drug-likeness (QED) is 0.826. The Morgan fingerprint density at radius 2 is 1.96 bits per heavy atom. The highest BCUT2D eigenvalue weighted by Crippen LogP contribution is 2.43. The first-order valence-electron chi connectivity index (χ1n) is 9.96. The molecule has 0 bridgehead atoms. The van der Waals surface area contributed by atoms with Crippen LogP contribution in [-0.2, 0) is 11.2 Å². The zero-order chi connectivity index (χ0) is 18.6. The lowest BCUT2D eigenvalue weighted by Gasteiger charge is -2.37. The van der Waals surface area contributed by atoms with Gasteiger partial charge in [-0.05, 0) is 81.9 Å². The van der Waals surface area contributed by atoms with Crippen molar-refractivity contribution in [3.63, 3.8) is 0 Å². The standard InChI is InChI=1S/C21H32ClN3O/c1-3-12-25-16-21(9-13-24(2)14-10-21)15-19(25)20(26)23-11-8-17-4-6-18(22)7-5-17/h4-7,19H,3,8-16H2,1-2H3,(H,23,26). The second-order valence-electron chi connectivity index (χ2n) is 8.16. The second-order valence-corrected chi connectivity index (χ2v) is 8.60. The predicted molar refractivity (Wildman–Crippen MR) is 108 cm³/mol. The van der Waals surface area contributed by atoms with Crippen molar-refractivity contribution in [1.82, 2.24) is 15.1 Å². The highest BCUT2D eigenvalue weighted by molar-refractivity contribution is 6.30. The topological polar surface area (TPSA) is 35.6 Å². The van der Waals surface area contributed by atoms with Crippen LogP contribution in [0.1, 0.15) is 38.2 Å². The molecule has 3 rings (SSSR count). The summed E-state index contributed by atoms with van der Waals surface area (Å²) in [5, 5.41) is 3.94. The van der Waals surface area contributed by atoms with Crippen molar-refractivity contribution in [2.45, 2.75) is 45.1 Å². The van der Waals surface area contributed by atoms with Gasteiger partial charge in [0.1, 0.15) is 0 Å². The van der Waals surface area contributed by atoms with Crippen molar-refractivity contribution in [3.8, 4) is 0 Å². The Hall–Kier alpha value is -1.10. The minimum atomic E-state index is 0.0450. The summed E-state index contributed by atoms with van der Waals surface area (Å²) in [6.45, 7) is 7.31. The number of amides is 1. The molecule has 1 N–H and O–H groups in total. The average molecular weight is 378 g/mol. The van der Waals surface area contributed by atoms with Gasteiger partial charge in [-0.2, -0.15) is 0 Å². The first kappa shape index (κ1) is 19.7. The van der Waals surface area contributed by atoms with Crippen molar-refractivity contribution < 1.29 is 4.79 Å². The molecule has 5 heteroatoms. The van der Waals surface area contributed by atoms with Gasteiger partial charge < -0.3 is 10.2 Å². The molecule has 144 valence electrons. The van der Waals surface area contributed by atoms with Gasteiger partial charge in [-0.3, -0.25) is 9.69 Å². The summed E-state index contributed by atoms with van der Waals surface area (Å²) in [5.41, 5.74) is 1.55. The van der Waals surface area contributed by atoms with E-state index in [1.165, 1.54) is 18.4 Å². The van der Waals surface area contributed by atoms with Gasteiger partial charge in [0.05, 0.1) is 6.04 Å². The maximum absolute atomic E-state index is 12.9. The summed E-state index contributed by atoms with van der Waals surface area (Å²) in [4.78, 5) is 17.7. The molecule has 2 heterocycles. The molecule has 0 radical (unpaired) electrons. The zero-order valence-electron chi connectivity index (χ0n) is 16.1. The van der Waals surface area contributed by atoms with E-state index >= 15 is 0 Å². The Kier molecular flexibility index (Phi) is 6.60. The van der Waals surface area contributed by atoms with Crippen molar-refractivity contribution in [1.29, 1.82) is 0 Å². The molecule has 1 aromatic rings. The SMILES string of the molecule is CCCN1CC2(CCN(C)CC2)CC1C(=O)NCCc1ccc(Cl)cc1. The molecule has 0 aliphatic carbocycles. The van der Waals surface area contributed by atoms with Crippen LogP contribution in [0.2, 0.25) is 5.02 Å². The number of carbonyl (C=O) groups is 1. The van der Waals surface area contributed by atoms with Gasteiger partial charge in [0, 0.05) is 18.1 Å². The Labute approximate surface area is 162 Å². The molecule has 2 fully saturated rings. The van der Waals surface area contributed by atoms with E-state index in [1.807, 2.05) is 24.3 Å². The summed E-state index contributed by atoms with van der Waals surface area (Å²) in [7, 11) is 2.20. The van der Waals surface area contributed by atoms with E-state index in [0.717, 1.165) is 50.5 Å². The van der Waals surface area contributed by atoms with Gasteiger partial charge >= 0.3 is 0 Å². The van der Waals surface area contributed by atoms with Gasteiger partial charge in [-0.15, -0.1) is 0 Å². The number of halogens is 1. The molecule has 2 aliphatic heterocycles. The fraction of sp³-hybridized carbons (Fsp3) is 0.667. The van der Waals surface area contributed by atoms with E-state index in [9.17, 15) is 4.79 Å². The summed E-state index contributed by atoms with van der Waals surface area (Å²) < 4.78 is 0. The normalized spacial score (nSPS) is 23.4. The molecule has 1 atom stereocenters. The fourth-order valence-electron chi connectivity index (χ4n) is 4.48. The minimum absolute atomic E-state index is 0.0450. The van der Waals surface area contributed by atoms with Crippen LogP contribution in [0.15, 0.2) is 24.3 Å². The highest BCUT2D eigenvalue weighted by Gasteiger charge is 2.47. The lowest BCUT2D eigenvalue weighted by atomic mass is 9.76. The lowest BCUT2D eigenvalue weighted by Crippen LogP contribution is -2.44. The highest BCUT2D eigenvalue weighted by atomic mass is 35.5. The summed E-state index contributed by atoms with van der Waals surface area (Å²) in [6, 6.07) is 7.91. The molecule has 2 saturated heterocycles. The van der Waals surface area contributed by atoms with Crippen LogP contribution in [-0.4, -0.2) is 61.5 Å². The van der Waals surface area contributed by atoms with E-state index in [0.29, 0.717) is 12.0 Å². The number of nitrogens with one attached hydrogen (secondary N) is 1. The smallest absolute Gasteiger partial charge is 0.237 e. The minimum Gasteiger partial charge on any atom is -0.354 e. The Morgan fingerprint density at radius 3 is 2.62 bits per heavy atom. The molecule has 4 nitrogen and oxygen atoms in total. The number of likely N-dealkylation sites (tertiary alicyclic amines) is 2. The van der Waals surface area contributed by atoms with Gasteiger partial charge in [-0.25, -0.2) is 0 Å². The number of nitrogens with zero attached hydrogens (tertiary/aromatic N) is 2. The first-order valence-corrected chi connectivity index (χ1v) is 10.3. The van der Waals surface area contributed by atoms with E-state index in [2.05, 4.69) is 29.1 Å². The Balaban J connectivity index is 1.55. The molecule has 26 heavy (non-hydrogen) atoms. The van der Waals surface area contributed by atoms with Crippen LogP contribution in [0.3, 0.4) is 0 Å². The average Bonchev–Trinajstić information content (AvgIpc) is 2.98. The summed E-state index contributed by atoms with van der Waals surface area (Å²) >= 11 is 5.93. The maximum atomic E-state index is 12.9. The summed E-state index contributed by atoms with van der Waals surface area (Å²) in [5.74, 6) is 0.211.